The van der Waals surface area contributed by atoms with Crippen molar-refractivity contribution in [1.29, 1.82) is 0 Å². The molecule has 1 aromatic carbocycles. The van der Waals surface area contributed by atoms with Gasteiger partial charge in [-0.05, 0) is 17.5 Å². The third-order valence-corrected chi connectivity index (χ3v) is 1.93. The van der Waals surface area contributed by atoms with E-state index in [2.05, 4.69) is 0 Å². The Kier molecular flexibility index (Phi) is 2.96. The first-order valence-electron chi connectivity index (χ1n) is 4.10. The van der Waals surface area contributed by atoms with Gasteiger partial charge in [0.25, 0.3) is 6.43 Å². The highest BCUT2D eigenvalue weighted by molar-refractivity contribution is 5.27. The zero-order chi connectivity index (χ0) is 10.0. The van der Waals surface area contributed by atoms with Crippen LogP contribution in [-0.4, -0.2) is 0 Å². The third-order valence-electron chi connectivity index (χ3n) is 1.93. The van der Waals surface area contributed by atoms with Gasteiger partial charge < -0.3 is 0 Å². The molecule has 0 aliphatic heterocycles. The second-order valence-corrected chi connectivity index (χ2v) is 3.24. The van der Waals surface area contributed by atoms with Gasteiger partial charge in [-0.25, -0.2) is 13.2 Å². The average Bonchev–Trinajstić information content (AvgIpc) is 2.03. The van der Waals surface area contributed by atoms with Crippen molar-refractivity contribution >= 4 is 0 Å². The highest BCUT2D eigenvalue weighted by atomic mass is 19.3. The minimum absolute atomic E-state index is 0.154. The molecule has 0 N–H and O–H groups in total. The van der Waals surface area contributed by atoms with Crippen molar-refractivity contribution in [2.24, 2.45) is 0 Å². The first kappa shape index (κ1) is 10.1. The molecule has 1 aromatic rings. The molecule has 0 bridgehead atoms. The van der Waals surface area contributed by atoms with Crippen LogP contribution >= 0.6 is 0 Å². The van der Waals surface area contributed by atoms with Crippen LogP contribution in [0, 0.1) is 5.82 Å². The van der Waals surface area contributed by atoms with Crippen LogP contribution in [0.3, 0.4) is 0 Å². The van der Waals surface area contributed by atoms with E-state index in [-0.39, 0.29) is 5.92 Å². The van der Waals surface area contributed by atoms with Gasteiger partial charge in [0.15, 0.2) is 0 Å². The van der Waals surface area contributed by atoms with Gasteiger partial charge in [-0.1, -0.05) is 26.0 Å². The summed E-state index contributed by atoms with van der Waals surface area (Å²) in [6.45, 7) is 3.77. The summed E-state index contributed by atoms with van der Waals surface area (Å²) in [4.78, 5) is 0. The summed E-state index contributed by atoms with van der Waals surface area (Å²) in [5, 5.41) is 0. The molecule has 0 heterocycles. The number of hydrogen-bond donors (Lipinski definition) is 0. The number of alkyl halides is 2. The standard InChI is InChI=1S/C10H11F3/c1-6(2)7-3-4-8(10(12)13)9(11)5-7/h3-6,10H,1-2H3. The molecule has 0 fully saturated rings. The van der Waals surface area contributed by atoms with Crippen molar-refractivity contribution in [3.05, 3.63) is 35.1 Å². The van der Waals surface area contributed by atoms with Crippen LogP contribution in [0.15, 0.2) is 18.2 Å². The van der Waals surface area contributed by atoms with Crippen molar-refractivity contribution in [1.82, 2.24) is 0 Å². The number of halogens is 3. The Morgan fingerprint density at radius 1 is 1.15 bits per heavy atom. The van der Waals surface area contributed by atoms with E-state index in [0.717, 1.165) is 11.6 Å². The van der Waals surface area contributed by atoms with Gasteiger partial charge in [0, 0.05) is 0 Å². The topological polar surface area (TPSA) is 0 Å². The number of hydrogen-bond acceptors (Lipinski definition) is 0. The van der Waals surface area contributed by atoms with Crippen molar-refractivity contribution in [2.45, 2.75) is 26.2 Å². The molecule has 0 atom stereocenters. The fraction of sp³-hybridized carbons (Fsp3) is 0.400. The Morgan fingerprint density at radius 2 is 1.77 bits per heavy atom. The maximum Gasteiger partial charge on any atom is 0.266 e. The highest BCUT2D eigenvalue weighted by Crippen LogP contribution is 2.25. The Hall–Kier alpha value is -0.990. The normalized spacial score (nSPS) is 11.3. The molecular formula is C10H11F3. The zero-order valence-corrected chi connectivity index (χ0v) is 7.52. The fourth-order valence-corrected chi connectivity index (χ4v) is 1.08. The van der Waals surface area contributed by atoms with Gasteiger partial charge in [-0.15, -0.1) is 0 Å². The van der Waals surface area contributed by atoms with E-state index in [1.165, 1.54) is 12.1 Å². The van der Waals surface area contributed by atoms with Crippen molar-refractivity contribution < 1.29 is 13.2 Å². The Balaban J connectivity index is 3.06. The van der Waals surface area contributed by atoms with E-state index < -0.39 is 17.8 Å². The smallest absolute Gasteiger partial charge is 0.206 e. The van der Waals surface area contributed by atoms with E-state index in [9.17, 15) is 13.2 Å². The molecule has 0 saturated heterocycles. The molecule has 0 aromatic heterocycles. The number of benzene rings is 1. The molecule has 0 radical (unpaired) electrons. The molecule has 0 aliphatic rings. The Bertz CT molecular complexity index is 292. The highest BCUT2D eigenvalue weighted by Gasteiger charge is 2.13. The molecule has 72 valence electrons. The lowest BCUT2D eigenvalue weighted by molar-refractivity contribution is 0.146. The molecule has 0 unspecified atom stereocenters. The molecule has 13 heavy (non-hydrogen) atoms. The summed E-state index contributed by atoms with van der Waals surface area (Å²) in [7, 11) is 0. The summed E-state index contributed by atoms with van der Waals surface area (Å²) in [6.07, 6.45) is -2.73. The van der Waals surface area contributed by atoms with Crippen LogP contribution in [0.2, 0.25) is 0 Å². The molecule has 0 nitrogen and oxygen atoms in total. The predicted molar refractivity (Wildman–Crippen MR) is 45.4 cm³/mol. The zero-order valence-electron chi connectivity index (χ0n) is 7.52. The molecule has 0 saturated carbocycles. The fourth-order valence-electron chi connectivity index (χ4n) is 1.08. The van der Waals surface area contributed by atoms with Crippen molar-refractivity contribution in [3.63, 3.8) is 0 Å². The average molecular weight is 188 g/mol. The SMILES string of the molecule is CC(C)c1ccc(C(F)F)c(F)c1. The molecule has 3 heteroatoms. The van der Waals surface area contributed by atoms with Gasteiger partial charge >= 0.3 is 0 Å². The number of rotatable bonds is 2. The maximum atomic E-state index is 13.0. The largest absolute Gasteiger partial charge is 0.266 e. The summed E-state index contributed by atoms with van der Waals surface area (Å²) in [5.41, 5.74) is 0.214. The third kappa shape index (κ3) is 2.23. The van der Waals surface area contributed by atoms with Crippen LogP contribution in [0.25, 0.3) is 0 Å². The quantitative estimate of drug-likeness (QED) is 0.660. The summed E-state index contributed by atoms with van der Waals surface area (Å²) in [5.74, 6) is -0.664. The van der Waals surface area contributed by atoms with Gasteiger partial charge in [-0.2, -0.15) is 0 Å². The lowest BCUT2D eigenvalue weighted by Crippen LogP contribution is -1.94. The maximum absolute atomic E-state index is 13.0. The van der Waals surface area contributed by atoms with E-state index in [1.807, 2.05) is 13.8 Å². The van der Waals surface area contributed by atoms with E-state index in [4.69, 9.17) is 0 Å². The second kappa shape index (κ2) is 3.81. The van der Waals surface area contributed by atoms with Crippen LogP contribution in [-0.2, 0) is 0 Å². The van der Waals surface area contributed by atoms with Gasteiger partial charge in [0.1, 0.15) is 5.82 Å². The lowest BCUT2D eigenvalue weighted by Gasteiger charge is -2.07. The summed E-state index contributed by atoms with van der Waals surface area (Å²) < 4.78 is 37.2. The van der Waals surface area contributed by atoms with Gasteiger partial charge in [0.05, 0.1) is 5.56 Å². The first-order valence-corrected chi connectivity index (χ1v) is 4.10. The Morgan fingerprint density at radius 3 is 2.15 bits per heavy atom. The van der Waals surface area contributed by atoms with Crippen molar-refractivity contribution in [3.8, 4) is 0 Å². The summed E-state index contributed by atoms with van der Waals surface area (Å²) in [6, 6.07) is 3.86. The second-order valence-electron chi connectivity index (χ2n) is 3.24. The van der Waals surface area contributed by atoms with E-state index in [1.54, 1.807) is 0 Å². The predicted octanol–water partition coefficient (Wildman–Crippen LogP) is 3.89. The van der Waals surface area contributed by atoms with Crippen LogP contribution < -0.4 is 0 Å². The van der Waals surface area contributed by atoms with E-state index >= 15 is 0 Å². The van der Waals surface area contributed by atoms with Gasteiger partial charge in [0.2, 0.25) is 0 Å². The van der Waals surface area contributed by atoms with Crippen LogP contribution in [0.4, 0.5) is 13.2 Å². The minimum Gasteiger partial charge on any atom is -0.206 e. The molecule has 0 spiro atoms. The Labute approximate surface area is 75.4 Å². The lowest BCUT2D eigenvalue weighted by atomic mass is 10.0. The van der Waals surface area contributed by atoms with Crippen LogP contribution in [0.5, 0.6) is 0 Å². The van der Waals surface area contributed by atoms with Crippen molar-refractivity contribution in [2.75, 3.05) is 0 Å². The van der Waals surface area contributed by atoms with E-state index in [0.29, 0.717) is 0 Å². The minimum atomic E-state index is -2.73. The molecular weight excluding hydrogens is 177 g/mol. The van der Waals surface area contributed by atoms with Crippen LogP contribution in [0.1, 0.15) is 37.3 Å². The molecule has 0 aliphatic carbocycles. The molecule has 1 rings (SSSR count). The van der Waals surface area contributed by atoms with Gasteiger partial charge in [-0.3, -0.25) is 0 Å². The summed E-state index contributed by atoms with van der Waals surface area (Å²) >= 11 is 0. The first-order chi connectivity index (χ1) is 6.02. The molecule has 0 amide bonds. The monoisotopic (exact) mass is 188 g/mol.